The van der Waals surface area contributed by atoms with E-state index in [4.69, 9.17) is 11.6 Å². The van der Waals surface area contributed by atoms with Gasteiger partial charge in [-0.15, -0.1) is 11.3 Å². The summed E-state index contributed by atoms with van der Waals surface area (Å²) >= 11 is 7.40. The Bertz CT molecular complexity index is 948. The Hall–Kier alpha value is -2.38. The maximum absolute atomic E-state index is 12.2. The molecule has 0 saturated heterocycles. The highest BCUT2D eigenvalue weighted by Crippen LogP contribution is 2.25. The summed E-state index contributed by atoms with van der Waals surface area (Å²) in [5.41, 5.74) is 1.22. The van der Waals surface area contributed by atoms with Crippen molar-refractivity contribution in [1.82, 2.24) is 9.55 Å². The number of hydrogen-bond acceptors (Lipinski definition) is 5. The molecule has 0 unspecified atom stereocenters. The van der Waals surface area contributed by atoms with Crippen molar-refractivity contribution in [1.29, 1.82) is 0 Å². The fourth-order valence-corrected chi connectivity index (χ4v) is 3.57. The summed E-state index contributed by atoms with van der Waals surface area (Å²) in [6.07, 6.45) is 2.19. The third kappa shape index (κ3) is 3.67. The Labute approximate surface area is 153 Å². The number of amides is 1. The average Bonchev–Trinajstić information content (AvgIpc) is 3.16. The van der Waals surface area contributed by atoms with Crippen molar-refractivity contribution in [2.24, 2.45) is 0 Å². The van der Waals surface area contributed by atoms with Gasteiger partial charge in [0.15, 0.2) is 10.8 Å². The number of aryl methyl sites for hydroxylation is 2. The third-order valence-corrected chi connectivity index (χ3v) is 4.98. The first-order chi connectivity index (χ1) is 12.0. The molecule has 0 atom stereocenters. The third-order valence-electron chi connectivity index (χ3n) is 3.76. The van der Waals surface area contributed by atoms with Crippen LogP contribution in [0.2, 0.25) is 5.02 Å². The van der Waals surface area contributed by atoms with Gasteiger partial charge >= 0.3 is 5.97 Å². The summed E-state index contributed by atoms with van der Waals surface area (Å²) in [5, 5.41) is 4.77. The number of thiazole rings is 1. The molecule has 6 nitrogen and oxygen atoms in total. The Morgan fingerprint density at radius 3 is 2.92 bits per heavy atom. The van der Waals surface area contributed by atoms with Crippen LogP contribution in [-0.2, 0) is 16.1 Å². The molecule has 1 aromatic carbocycles. The molecule has 3 aromatic rings. The minimum Gasteiger partial charge on any atom is -0.464 e. The van der Waals surface area contributed by atoms with Gasteiger partial charge in [-0.05, 0) is 25.1 Å². The molecule has 25 heavy (non-hydrogen) atoms. The van der Waals surface area contributed by atoms with Crippen molar-refractivity contribution < 1.29 is 14.3 Å². The Kier molecular flexibility index (Phi) is 5.06. The Morgan fingerprint density at radius 2 is 2.16 bits per heavy atom. The van der Waals surface area contributed by atoms with Gasteiger partial charge in [-0.3, -0.25) is 4.79 Å². The normalized spacial score (nSPS) is 10.8. The topological polar surface area (TPSA) is 73.2 Å². The molecule has 0 fully saturated rings. The number of rotatable bonds is 5. The predicted octanol–water partition coefficient (Wildman–Crippen LogP) is 3.88. The summed E-state index contributed by atoms with van der Waals surface area (Å²) in [6.45, 7) is 2.28. The van der Waals surface area contributed by atoms with Gasteiger partial charge in [0.2, 0.25) is 5.91 Å². The molecule has 0 bridgehead atoms. The van der Waals surface area contributed by atoms with Crippen LogP contribution in [0.1, 0.15) is 21.8 Å². The summed E-state index contributed by atoms with van der Waals surface area (Å²) in [4.78, 5) is 28.5. The van der Waals surface area contributed by atoms with E-state index in [1.54, 1.807) is 6.92 Å². The molecule has 8 heteroatoms. The standard InChI is InChI=1S/C17H16ClN3O3S/c1-10-15(16(23)24-2)20-17(25-10)19-14(22)7-9-21-8-6-11-12(18)4-3-5-13(11)21/h3-6,8H,7,9H2,1-2H3,(H,19,20,22). The van der Waals surface area contributed by atoms with E-state index in [2.05, 4.69) is 15.0 Å². The summed E-state index contributed by atoms with van der Waals surface area (Å²) < 4.78 is 6.64. The maximum atomic E-state index is 12.2. The van der Waals surface area contributed by atoms with E-state index in [1.165, 1.54) is 18.4 Å². The van der Waals surface area contributed by atoms with Gasteiger partial charge in [-0.1, -0.05) is 17.7 Å². The van der Waals surface area contributed by atoms with Crippen molar-refractivity contribution >= 4 is 50.8 Å². The first-order valence-corrected chi connectivity index (χ1v) is 8.78. The number of hydrogen-bond donors (Lipinski definition) is 1. The molecular formula is C17H16ClN3O3S. The average molecular weight is 378 g/mol. The lowest BCUT2D eigenvalue weighted by molar-refractivity contribution is -0.116. The highest BCUT2D eigenvalue weighted by atomic mass is 35.5. The van der Waals surface area contributed by atoms with E-state index in [9.17, 15) is 9.59 Å². The van der Waals surface area contributed by atoms with Gasteiger partial charge in [0, 0.05) is 40.0 Å². The first kappa shape index (κ1) is 17.4. The molecule has 0 aliphatic heterocycles. The second-order valence-electron chi connectivity index (χ2n) is 5.40. The number of ether oxygens (including phenoxy) is 1. The SMILES string of the molecule is COC(=O)c1nc(NC(=O)CCn2ccc3c(Cl)cccc32)sc1C. The second-order valence-corrected chi connectivity index (χ2v) is 7.01. The van der Waals surface area contributed by atoms with Crippen molar-refractivity contribution in [2.75, 3.05) is 12.4 Å². The Balaban J connectivity index is 1.65. The van der Waals surface area contributed by atoms with Gasteiger partial charge in [-0.25, -0.2) is 9.78 Å². The smallest absolute Gasteiger partial charge is 0.357 e. The first-order valence-electron chi connectivity index (χ1n) is 7.58. The molecule has 0 aliphatic rings. The van der Waals surface area contributed by atoms with E-state index in [0.29, 0.717) is 21.6 Å². The number of aromatic nitrogens is 2. The number of benzene rings is 1. The van der Waals surface area contributed by atoms with E-state index in [-0.39, 0.29) is 18.0 Å². The van der Waals surface area contributed by atoms with Gasteiger partial charge in [0.25, 0.3) is 0 Å². The van der Waals surface area contributed by atoms with Crippen molar-refractivity contribution in [3.63, 3.8) is 0 Å². The number of nitrogens with zero attached hydrogens (tertiary/aromatic N) is 2. The van der Waals surface area contributed by atoms with Crippen LogP contribution in [0.5, 0.6) is 0 Å². The lowest BCUT2D eigenvalue weighted by Gasteiger charge is -2.05. The number of esters is 1. The van der Waals surface area contributed by atoms with Crippen LogP contribution < -0.4 is 5.32 Å². The van der Waals surface area contributed by atoms with E-state index < -0.39 is 5.97 Å². The molecule has 130 valence electrons. The molecule has 0 spiro atoms. The zero-order valence-electron chi connectivity index (χ0n) is 13.7. The minimum absolute atomic E-state index is 0.172. The number of anilines is 1. The number of halogens is 1. The molecule has 1 amide bonds. The van der Waals surface area contributed by atoms with Crippen LogP contribution in [0, 0.1) is 6.92 Å². The molecule has 0 saturated carbocycles. The molecular weight excluding hydrogens is 362 g/mol. The summed E-state index contributed by atoms with van der Waals surface area (Å²) in [5.74, 6) is -0.681. The molecule has 3 rings (SSSR count). The largest absolute Gasteiger partial charge is 0.464 e. The number of nitrogens with one attached hydrogen (secondary N) is 1. The molecule has 2 aromatic heterocycles. The van der Waals surface area contributed by atoms with Gasteiger partial charge in [0.05, 0.1) is 7.11 Å². The predicted molar refractivity (Wildman–Crippen MR) is 98.4 cm³/mol. The second kappa shape index (κ2) is 7.25. The monoisotopic (exact) mass is 377 g/mol. The van der Waals surface area contributed by atoms with Crippen molar-refractivity contribution in [2.45, 2.75) is 19.9 Å². The fraction of sp³-hybridized carbons (Fsp3) is 0.235. The number of fused-ring (bicyclic) bond motifs is 1. The minimum atomic E-state index is -0.509. The number of methoxy groups -OCH3 is 1. The maximum Gasteiger partial charge on any atom is 0.357 e. The highest BCUT2D eigenvalue weighted by molar-refractivity contribution is 7.16. The Morgan fingerprint density at radius 1 is 1.36 bits per heavy atom. The number of carbonyl (C=O) groups excluding carboxylic acids is 2. The van der Waals surface area contributed by atoms with E-state index in [0.717, 1.165) is 10.9 Å². The number of carbonyl (C=O) groups is 2. The van der Waals surface area contributed by atoms with Crippen LogP contribution in [0.3, 0.4) is 0 Å². The zero-order valence-corrected chi connectivity index (χ0v) is 15.3. The van der Waals surface area contributed by atoms with Gasteiger partial charge in [-0.2, -0.15) is 0 Å². The molecule has 0 aliphatic carbocycles. The highest BCUT2D eigenvalue weighted by Gasteiger charge is 2.17. The van der Waals surface area contributed by atoms with Crippen LogP contribution in [-0.4, -0.2) is 28.5 Å². The molecule has 1 N–H and O–H groups in total. The van der Waals surface area contributed by atoms with Gasteiger partial charge in [0.1, 0.15) is 0 Å². The lowest BCUT2D eigenvalue weighted by atomic mass is 10.2. The molecule has 2 heterocycles. The van der Waals surface area contributed by atoms with Crippen molar-refractivity contribution in [3.8, 4) is 0 Å². The van der Waals surface area contributed by atoms with Crippen LogP contribution in [0.15, 0.2) is 30.5 Å². The lowest BCUT2D eigenvalue weighted by Crippen LogP contribution is -2.14. The van der Waals surface area contributed by atoms with E-state index in [1.807, 2.05) is 35.0 Å². The summed E-state index contributed by atoms with van der Waals surface area (Å²) in [6, 6.07) is 7.62. The van der Waals surface area contributed by atoms with Crippen molar-refractivity contribution in [3.05, 3.63) is 46.1 Å². The van der Waals surface area contributed by atoms with Crippen LogP contribution in [0.4, 0.5) is 5.13 Å². The zero-order chi connectivity index (χ0) is 18.0. The van der Waals surface area contributed by atoms with Crippen LogP contribution >= 0.6 is 22.9 Å². The summed E-state index contributed by atoms with van der Waals surface area (Å²) in [7, 11) is 1.30. The van der Waals surface area contributed by atoms with Gasteiger partial charge < -0.3 is 14.6 Å². The quantitative estimate of drug-likeness (QED) is 0.685. The molecule has 0 radical (unpaired) electrons. The van der Waals surface area contributed by atoms with E-state index >= 15 is 0 Å². The fourth-order valence-electron chi connectivity index (χ4n) is 2.52. The van der Waals surface area contributed by atoms with Crippen LogP contribution in [0.25, 0.3) is 10.9 Å².